The number of alkyl halides is 1. The Kier molecular flexibility index (Phi) is 4.54. The van der Waals surface area contributed by atoms with Gasteiger partial charge in [0.25, 0.3) is 0 Å². The molecule has 2 aromatic carbocycles. The predicted molar refractivity (Wildman–Crippen MR) is 84.7 cm³/mol. The van der Waals surface area contributed by atoms with Crippen molar-refractivity contribution >= 4 is 27.5 Å². The Morgan fingerprint density at radius 3 is 2.37 bits per heavy atom. The van der Waals surface area contributed by atoms with Gasteiger partial charge in [0.05, 0.1) is 11.9 Å². The molecule has 0 fully saturated rings. The maximum Gasteiger partial charge on any atom is 0.121 e. The minimum absolute atomic E-state index is 0.161. The van der Waals surface area contributed by atoms with Gasteiger partial charge in [-0.1, -0.05) is 45.7 Å². The lowest BCUT2D eigenvalue weighted by molar-refractivity contribution is 0.411. The first-order valence-corrected chi connectivity index (χ1v) is 7.37. The van der Waals surface area contributed by atoms with Crippen LogP contribution in [0.3, 0.4) is 0 Å². The summed E-state index contributed by atoms with van der Waals surface area (Å²) in [5.41, 5.74) is 4.76. The molecule has 100 valence electrons. The Labute approximate surface area is 127 Å². The Bertz CT molecular complexity index is 595. The highest BCUT2D eigenvalue weighted by Crippen LogP contribution is 2.35. The SMILES string of the molecule is COc1ccc(C(Br)c2ccc(Cl)cc2C)cc1C. The molecule has 2 aromatic rings. The number of aryl methyl sites for hydroxylation is 2. The van der Waals surface area contributed by atoms with Gasteiger partial charge in [0.15, 0.2) is 0 Å². The van der Waals surface area contributed by atoms with Gasteiger partial charge in [-0.25, -0.2) is 0 Å². The molecule has 0 aliphatic rings. The van der Waals surface area contributed by atoms with Crippen LogP contribution in [0.5, 0.6) is 5.75 Å². The average Bonchev–Trinajstić information content (AvgIpc) is 2.38. The van der Waals surface area contributed by atoms with Gasteiger partial charge in [-0.2, -0.15) is 0 Å². The third kappa shape index (κ3) is 3.13. The summed E-state index contributed by atoms with van der Waals surface area (Å²) in [7, 11) is 1.69. The molecule has 0 aliphatic carbocycles. The number of rotatable bonds is 3. The van der Waals surface area contributed by atoms with E-state index >= 15 is 0 Å². The molecule has 0 N–H and O–H groups in total. The minimum Gasteiger partial charge on any atom is -0.496 e. The molecule has 1 unspecified atom stereocenters. The zero-order valence-electron chi connectivity index (χ0n) is 11.2. The van der Waals surface area contributed by atoms with Crippen molar-refractivity contribution in [2.75, 3.05) is 7.11 Å². The van der Waals surface area contributed by atoms with Crippen LogP contribution in [-0.4, -0.2) is 7.11 Å². The molecular formula is C16H16BrClO. The Morgan fingerprint density at radius 1 is 1.05 bits per heavy atom. The topological polar surface area (TPSA) is 9.23 Å². The molecule has 19 heavy (non-hydrogen) atoms. The molecule has 0 heterocycles. The lowest BCUT2D eigenvalue weighted by Crippen LogP contribution is -1.97. The summed E-state index contributed by atoms with van der Waals surface area (Å²) >= 11 is 9.77. The minimum atomic E-state index is 0.161. The van der Waals surface area contributed by atoms with Crippen molar-refractivity contribution in [1.29, 1.82) is 0 Å². The van der Waals surface area contributed by atoms with E-state index in [-0.39, 0.29) is 4.83 Å². The van der Waals surface area contributed by atoms with E-state index in [9.17, 15) is 0 Å². The second kappa shape index (κ2) is 5.98. The van der Waals surface area contributed by atoms with Crippen LogP contribution in [-0.2, 0) is 0 Å². The summed E-state index contributed by atoms with van der Waals surface area (Å²) < 4.78 is 5.29. The Balaban J connectivity index is 2.38. The van der Waals surface area contributed by atoms with E-state index < -0.39 is 0 Å². The third-order valence-corrected chi connectivity index (χ3v) is 4.47. The summed E-state index contributed by atoms with van der Waals surface area (Å²) in [6, 6.07) is 12.2. The molecule has 0 aliphatic heterocycles. The number of hydrogen-bond acceptors (Lipinski definition) is 1. The van der Waals surface area contributed by atoms with Gasteiger partial charge in [0.2, 0.25) is 0 Å². The van der Waals surface area contributed by atoms with E-state index in [0.29, 0.717) is 0 Å². The van der Waals surface area contributed by atoms with E-state index in [1.165, 1.54) is 16.7 Å². The lowest BCUT2D eigenvalue weighted by Gasteiger charge is -2.15. The summed E-state index contributed by atoms with van der Waals surface area (Å²) in [5, 5.41) is 0.770. The first kappa shape index (κ1) is 14.4. The van der Waals surface area contributed by atoms with Crippen LogP contribution in [0, 0.1) is 13.8 Å². The molecule has 2 rings (SSSR count). The monoisotopic (exact) mass is 338 g/mol. The summed E-state index contributed by atoms with van der Waals surface area (Å²) in [5.74, 6) is 0.913. The molecule has 0 spiro atoms. The molecule has 0 bridgehead atoms. The maximum atomic E-state index is 6.00. The molecule has 3 heteroatoms. The molecule has 0 aromatic heterocycles. The normalized spacial score (nSPS) is 12.3. The van der Waals surface area contributed by atoms with E-state index in [1.807, 2.05) is 18.2 Å². The first-order chi connectivity index (χ1) is 9.02. The summed E-state index contributed by atoms with van der Waals surface area (Å²) in [4.78, 5) is 0.161. The van der Waals surface area contributed by atoms with Crippen LogP contribution in [0.1, 0.15) is 27.1 Å². The van der Waals surface area contributed by atoms with Crippen molar-refractivity contribution < 1.29 is 4.74 Å². The fourth-order valence-corrected chi connectivity index (χ4v) is 3.19. The molecule has 1 nitrogen and oxygen atoms in total. The summed E-state index contributed by atoms with van der Waals surface area (Å²) in [6.45, 7) is 4.13. The van der Waals surface area contributed by atoms with E-state index in [2.05, 4.69) is 48.0 Å². The molecule has 0 radical (unpaired) electrons. The predicted octanol–water partition coefficient (Wildman–Crippen LogP) is 5.45. The lowest BCUT2D eigenvalue weighted by atomic mass is 9.99. The molecular weight excluding hydrogens is 324 g/mol. The van der Waals surface area contributed by atoms with Gasteiger partial charge < -0.3 is 4.74 Å². The number of benzene rings is 2. The third-order valence-electron chi connectivity index (χ3n) is 3.22. The second-order valence-corrected chi connectivity index (χ2v) is 5.94. The van der Waals surface area contributed by atoms with Crippen LogP contribution in [0.4, 0.5) is 0 Å². The van der Waals surface area contributed by atoms with Gasteiger partial charge >= 0.3 is 0 Å². The fraction of sp³-hybridized carbons (Fsp3) is 0.250. The van der Waals surface area contributed by atoms with Gasteiger partial charge in [-0.15, -0.1) is 0 Å². The largest absolute Gasteiger partial charge is 0.496 e. The Hall–Kier alpha value is -0.990. The van der Waals surface area contributed by atoms with Crippen molar-refractivity contribution in [2.24, 2.45) is 0 Å². The van der Waals surface area contributed by atoms with Gasteiger partial charge in [-0.3, -0.25) is 0 Å². The molecule has 1 atom stereocenters. The van der Waals surface area contributed by atoms with Crippen molar-refractivity contribution in [3.8, 4) is 5.75 Å². The van der Waals surface area contributed by atoms with Crippen molar-refractivity contribution in [1.82, 2.24) is 0 Å². The number of methoxy groups -OCH3 is 1. The molecule has 0 saturated heterocycles. The first-order valence-electron chi connectivity index (χ1n) is 6.07. The smallest absolute Gasteiger partial charge is 0.121 e. The highest BCUT2D eigenvalue weighted by atomic mass is 79.9. The van der Waals surface area contributed by atoms with Crippen LogP contribution < -0.4 is 4.74 Å². The maximum absolute atomic E-state index is 6.00. The highest BCUT2D eigenvalue weighted by molar-refractivity contribution is 9.09. The highest BCUT2D eigenvalue weighted by Gasteiger charge is 2.14. The fourth-order valence-electron chi connectivity index (χ4n) is 2.16. The zero-order valence-corrected chi connectivity index (χ0v) is 13.5. The van der Waals surface area contributed by atoms with E-state index in [4.69, 9.17) is 16.3 Å². The summed E-state index contributed by atoms with van der Waals surface area (Å²) in [6.07, 6.45) is 0. The van der Waals surface area contributed by atoms with Gasteiger partial charge in [0, 0.05) is 5.02 Å². The van der Waals surface area contributed by atoms with Gasteiger partial charge in [-0.05, 0) is 54.3 Å². The van der Waals surface area contributed by atoms with Crippen molar-refractivity contribution in [3.05, 3.63) is 63.7 Å². The van der Waals surface area contributed by atoms with Crippen molar-refractivity contribution in [3.63, 3.8) is 0 Å². The second-order valence-electron chi connectivity index (χ2n) is 4.59. The standard InChI is InChI=1S/C16H16BrClO/c1-10-9-13(18)5-6-14(10)16(17)12-4-7-15(19-3)11(2)8-12/h4-9,16H,1-3H3. The van der Waals surface area contributed by atoms with Crippen LogP contribution in [0.2, 0.25) is 5.02 Å². The zero-order chi connectivity index (χ0) is 14.0. The van der Waals surface area contributed by atoms with Crippen LogP contribution in [0.15, 0.2) is 36.4 Å². The van der Waals surface area contributed by atoms with Crippen LogP contribution in [0.25, 0.3) is 0 Å². The quantitative estimate of drug-likeness (QED) is 0.676. The van der Waals surface area contributed by atoms with Gasteiger partial charge in [0.1, 0.15) is 5.75 Å². The Morgan fingerprint density at radius 2 is 1.79 bits per heavy atom. The number of ether oxygens (including phenoxy) is 1. The van der Waals surface area contributed by atoms with E-state index in [0.717, 1.165) is 16.3 Å². The number of hydrogen-bond donors (Lipinski definition) is 0. The molecule has 0 saturated carbocycles. The van der Waals surface area contributed by atoms with E-state index in [1.54, 1.807) is 7.11 Å². The average molecular weight is 340 g/mol. The number of halogens is 2. The van der Waals surface area contributed by atoms with Crippen molar-refractivity contribution in [2.45, 2.75) is 18.7 Å². The van der Waals surface area contributed by atoms with Crippen LogP contribution >= 0.6 is 27.5 Å². The molecule has 0 amide bonds.